The molecule has 118 valence electrons. The first-order valence-electron chi connectivity index (χ1n) is 6.16. The van der Waals surface area contributed by atoms with Crippen molar-refractivity contribution in [2.45, 2.75) is 31.7 Å². The van der Waals surface area contributed by atoms with Crippen LogP contribution in [0, 0.1) is 0 Å². The van der Waals surface area contributed by atoms with Crippen LogP contribution in [0.4, 0.5) is 13.2 Å². The molecule has 1 amide bonds. The molecule has 0 aliphatic heterocycles. The standard InChI is InChI=1S/C13H16ClF3N2OS/c1-12(2,3)9-6-8(7-10(14)19-9)11(20)18-4-5-21-13(15,16)17/h6-7H,4-5H2,1-3H3,(H,18,20). The SMILES string of the molecule is CC(C)(C)c1cc(C(=O)NCCSC(F)(F)F)cc(Cl)n1. The van der Waals surface area contributed by atoms with Crippen molar-refractivity contribution in [3.05, 3.63) is 28.5 Å². The molecule has 3 nitrogen and oxygen atoms in total. The Hall–Kier alpha value is -0.950. The van der Waals surface area contributed by atoms with Gasteiger partial charge in [-0.1, -0.05) is 32.4 Å². The van der Waals surface area contributed by atoms with E-state index >= 15 is 0 Å². The van der Waals surface area contributed by atoms with Crippen LogP contribution in [0.2, 0.25) is 5.15 Å². The number of carbonyl (C=O) groups excluding carboxylic acids is 1. The maximum atomic E-state index is 12.0. The van der Waals surface area contributed by atoms with Gasteiger partial charge in [0, 0.05) is 29.0 Å². The highest BCUT2D eigenvalue weighted by molar-refractivity contribution is 8.00. The molecular formula is C13H16ClF3N2OS. The zero-order valence-electron chi connectivity index (χ0n) is 11.8. The Labute approximate surface area is 130 Å². The van der Waals surface area contributed by atoms with E-state index in [1.165, 1.54) is 6.07 Å². The molecule has 1 heterocycles. The lowest BCUT2D eigenvalue weighted by Gasteiger charge is -2.18. The number of amides is 1. The van der Waals surface area contributed by atoms with Gasteiger partial charge in [-0.3, -0.25) is 4.79 Å². The van der Waals surface area contributed by atoms with Crippen LogP contribution in [0.25, 0.3) is 0 Å². The Kier molecular flexibility index (Phi) is 5.92. The summed E-state index contributed by atoms with van der Waals surface area (Å²) in [5.41, 5.74) is -3.64. The smallest absolute Gasteiger partial charge is 0.351 e. The third-order valence-corrected chi connectivity index (χ3v) is 3.41. The Bertz CT molecular complexity index is 515. The highest BCUT2D eigenvalue weighted by Gasteiger charge is 2.27. The van der Waals surface area contributed by atoms with Crippen molar-refractivity contribution < 1.29 is 18.0 Å². The molecule has 0 aliphatic rings. The van der Waals surface area contributed by atoms with E-state index in [1.54, 1.807) is 6.07 Å². The predicted octanol–water partition coefficient (Wildman–Crippen LogP) is 4.02. The third kappa shape index (κ3) is 6.56. The first-order chi connectivity index (χ1) is 9.49. The van der Waals surface area contributed by atoms with Gasteiger partial charge in [-0.05, 0) is 23.9 Å². The van der Waals surface area contributed by atoms with E-state index in [9.17, 15) is 18.0 Å². The number of halogens is 4. The van der Waals surface area contributed by atoms with E-state index in [-0.39, 0.29) is 40.2 Å². The van der Waals surface area contributed by atoms with Gasteiger partial charge < -0.3 is 5.32 Å². The van der Waals surface area contributed by atoms with Crippen LogP contribution in [0.1, 0.15) is 36.8 Å². The van der Waals surface area contributed by atoms with Crippen LogP contribution >= 0.6 is 23.4 Å². The lowest BCUT2D eigenvalue weighted by atomic mass is 9.91. The van der Waals surface area contributed by atoms with Crippen molar-refractivity contribution in [3.8, 4) is 0 Å². The topological polar surface area (TPSA) is 42.0 Å². The average molecular weight is 341 g/mol. The number of carbonyl (C=O) groups is 1. The number of hydrogen-bond donors (Lipinski definition) is 1. The molecule has 0 radical (unpaired) electrons. The minimum Gasteiger partial charge on any atom is -0.351 e. The molecular weight excluding hydrogens is 325 g/mol. The fourth-order valence-corrected chi connectivity index (χ4v) is 2.09. The minimum atomic E-state index is -4.29. The zero-order chi connectivity index (χ0) is 16.3. The summed E-state index contributed by atoms with van der Waals surface area (Å²) in [6.45, 7) is 5.70. The summed E-state index contributed by atoms with van der Waals surface area (Å²) in [6, 6.07) is 2.99. The van der Waals surface area contributed by atoms with Crippen molar-refractivity contribution in [1.82, 2.24) is 10.3 Å². The van der Waals surface area contributed by atoms with Crippen molar-refractivity contribution >= 4 is 29.3 Å². The molecule has 0 unspecified atom stereocenters. The van der Waals surface area contributed by atoms with Crippen LogP contribution < -0.4 is 5.32 Å². The Morgan fingerprint density at radius 2 is 1.95 bits per heavy atom. The number of nitrogens with zero attached hydrogens (tertiary/aromatic N) is 1. The number of rotatable bonds is 4. The van der Waals surface area contributed by atoms with Crippen LogP contribution in [0.15, 0.2) is 12.1 Å². The second-order valence-electron chi connectivity index (χ2n) is 5.36. The Morgan fingerprint density at radius 3 is 2.48 bits per heavy atom. The molecule has 0 aromatic carbocycles. The number of pyridine rings is 1. The van der Waals surface area contributed by atoms with Crippen molar-refractivity contribution in [2.24, 2.45) is 0 Å². The quantitative estimate of drug-likeness (QED) is 0.665. The van der Waals surface area contributed by atoms with Gasteiger partial charge in [-0.15, -0.1) is 0 Å². The van der Waals surface area contributed by atoms with Crippen molar-refractivity contribution in [1.29, 1.82) is 0 Å². The van der Waals surface area contributed by atoms with E-state index in [2.05, 4.69) is 10.3 Å². The molecule has 0 atom stereocenters. The van der Waals surface area contributed by atoms with Gasteiger partial charge in [0.15, 0.2) is 0 Å². The molecule has 1 aromatic rings. The molecule has 0 saturated carbocycles. The van der Waals surface area contributed by atoms with E-state index in [4.69, 9.17) is 11.6 Å². The molecule has 0 fully saturated rings. The molecule has 0 spiro atoms. The van der Waals surface area contributed by atoms with Gasteiger partial charge in [0.25, 0.3) is 5.91 Å². The van der Waals surface area contributed by atoms with Crippen LogP contribution in [-0.4, -0.2) is 28.7 Å². The molecule has 21 heavy (non-hydrogen) atoms. The maximum Gasteiger partial charge on any atom is 0.441 e. The summed E-state index contributed by atoms with van der Waals surface area (Å²) >= 11 is 5.71. The lowest BCUT2D eigenvalue weighted by molar-refractivity contribution is -0.0327. The Balaban J connectivity index is 2.68. The summed E-state index contributed by atoms with van der Waals surface area (Å²) in [5, 5.41) is 2.61. The largest absolute Gasteiger partial charge is 0.441 e. The number of nitrogens with one attached hydrogen (secondary N) is 1. The monoisotopic (exact) mass is 340 g/mol. The maximum absolute atomic E-state index is 12.0. The molecule has 0 bridgehead atoms. The molecule has 0 saturated heterocycles. The summed E-state index contributed by atoms with van der Waals surface area (Å²) in [6.07, 6.45) is 0. The van der Waals surface area contributed by atoms with Crippen LogP contribution in [-0.2, 0) is 5.41 Å². The fourth-order valence-electron chi connectivity index (χ4n) is 1.45. The van der Waals surface area contributed by atoms with E-state index in [0.717, 1.165) is 0 Å². The van der Waals surface area contributed by atoms with Crippen molar-refractivity contribution in [3.63, 3.8) is 0 Å². The number of thioether (sulfide) groups is 1. The fraction of sp³-hybridized carbons (Fsp3) is 0.538. The van der Waals surface area contributed by atoms with Gasteiger partial charge in [-0.2, -0.15) is 13.2 Å². The number of aromatic nitrogens is 1. The van der Waals surface area contributed by atoms with Gasteiger partial charge in [0.1, 0.15) is 5.15 Å². The second-order valence-corrected chi connectivity index (χ2v) is 6.91. The molecule has 1 rings (SSSR count). The molecule has 8 heteroatoms. The number of hydrogen-bond acceptors (Lipinski definition) is 3. The molecule has 1 aromatic heterocycles. The zero-order valence-corrected chi connectivity index (χ0v) is 13.4. The van der Waals surface area contributed by atoms with Gasteiger partial charge in [-0.25, -0.2) is 4.98 Å². The summed E-state index contributed by atoms with van der Waals surface area (Å²) in [5.74, 6) is -0.701. The number of alkyl halides is 3. The minimum absolute atomic E-state index is 0.0756. The lowest BCUT2D eigenvalue weighted by Crippen LogP contribution is -2.27. The van der Waals surface area contributed by atoms with Crippen molar-refractivity contribution in [2.75, 3.05) is 12.3 Å². The van der Waals surface area contributed by atoms with Gasteiger partial charge in [0.05, 0.1) is 0 Å². The normalized spacial score (nSPS) is 12.3. The third-order valence-electron chi connectivity index (χ3n) is 2.48. The first kappa shape index (κ1) is 18.1. The average Bonchev–Trinajstić information content (AvgIpc) is 2.31. The molecule has 1 N–H and O–H groups in total. The predicted molar refractivity (Wildman–Crippen MR) is 78.8 cm³/mol. The van der Waals surface area contributed by atoms with Crippen LogP contribution in [0.3, 0.4) is 0 Å². The van der Waals surface area contributed by atoms with E-state index in [0.29, 0.717) is 5.69 Å². The second kappa shape index (κ2) is 6.87. The highest BCUT2D eigenvalue weighted by Crippen LogP contribution is 2.29. The van der Waals surface area contributed by atoms with E-state index < -0.39 is 11.4 Å². The van der Waals surface area contributed by atoms with E-state index in [1.807, 2.05) is 20.8 Å². The highest BCUT2D eigenvalue weighted by atomic mass is 35.5. The van der Waals surface area contributed by atoms with Gasteiger partial charge >= 0.3 is 5.51 Å². The first-order valence-corrected chi connectivity index (χ1v) is 7.52. The van der Waals surface area contributed by atoms with Gasteiger partial charge in [0.2, 0.25) is 0 Å². The summed E-state index contributed by atoms with van der Waals surface area (Å²) < 4.78 is 35.9. The molecule has 0 aliphatic carbocycles. The summed E-state index contributed by atoms with van der Waals surface area (Å²) in [7, 11) is 0. The summed E-state index contributed by atoms with van der Waals surface area (Å²) in [4.78, 5) is 16.1. The Morgan fingerprint density at radius 1 is 1.33 bits per heavy atom. The van der Waals surface area contributed by atoms with Crippen LogP contribution in [0.5, 0.6) is 0 Å².